The topological polar surface area (TPSA) is 71.4 Å². The molecule has 4 aromatic carbocycles. The van der Waals surface area contributed by atoms with Crippen LogP contribution in [-0.4, -0.2) is 12.5 Å². The third-order valence-electron chi connectivity index (χ3n) is 6.60. The average molecular weight is 517 g/mol. The first-order valence-corrected chi connectivity index (χ1v) is 12.9. The van der Waals surface area contributed by atoms with Crippen LogP contribution in [0.2, 0.25) is 0 Å². The molecule has 5 nitrogen and oxygen atoms in total. The molecule has 0 bridgehead atoms. The lowest BCUT2D eigenvalue weighted by Gasteiger charge is -2.17. The van der Waals surface area contributed by atoms with Crippen molar-refractivity contribution >= 4 is 28.4 Å². The first kappa shape index (κ1) is 27.2. The van der Waals surface area contributed by atoms with Gasteiger partial charge in [-0.05, 0) is 84.5 Å². The van der Waals surface area contributed by atoms with E-state index >= 15 is 0 Å². The number of carbonyl (C=O) groups is 1. The Morgan fingerprint density at radius 1 is 1.00 bits per heavy atom. The third kappa shape index (κ3) is 6.37. The first-order chi connectivity index (χ1) is 18.9. The van der Waals surface area contributed by atoms with Gasteiger partial charge in [0.05, 0.1) is 6.61 Å². The van der Waals surface area contributed by atoms with Gasteiger partial charge in [-0.25, -0.2) is 0 Å². The Morgan fingerprint density at radius 3 is 2.54 bits per heavy atom. The molecule has 0 aliphatic carbocycles. The summed E-state index contributed by atoms with van der Waals surface area (Å²) >= 11 is 0. The highest BCUT2D eigenvalue weighted by molar-refractivity contribution is 6.10. The molecule has 4 aromatic rings. The second kappa shape index (κ2) is 12.6. The zero-order chi connectivity index (χ0) is 27.8. The van der Waals surface area contributed by atoms with Crippen LogP contribution in [0.25, 0.3) is 16.8 Å². The number of fused-ring (bicyclic) bond motifs is 1. The number of hydrogen-bond donors (Lipinski definition) is 1. The van der Waals surface area contributed by atoms with E-state index in [1.54, 1.807) is 18.2 Å². The van der Waals surface area contributed by atoms with Crippen LogP contribution < -0.4 is 14.8 Å². The smallest absolute Gasteiger partial charge is 0.266 e. The minimum absolute atomic E-state index is 0.00710. The van der Waals surface area contributed by atoms with Gasteiger partial charge in [0.25, 0.3) is 5.91 Å². The number of amides is 1. The molecule has 196 valence electrons. The van der Waals surface area contributed by atoms with E-state index in [1.165, 1.54) is 0 Å². The molecule has 5 heteroatoms. The normalized spacial score (nSPS) is 11.1. The highest BCUT2D eigenvalue weighted by Crippen LogP contribution is 2.36. The molecule has 0 radical (unpaired) electrons. The van der Waals surface area contributed by atoms with Crippen LogP contribution in [0.3, 0.4) is 0 Å². The van der Waals surface area contributed by atoms with Crippen LogP contribution >= 0.6 is 0 Å². The average Bonchev–Trinajstić information content (AvgIpc) is 2.94. The van der Waals surface area contributed by atoms with Gasteiger partial charge in [0.15, 0.2) is 11.5 Å². The number of ether oxygens (including phenoxy) is 2. The molecule has 0 fully saturated rings. The zero-order valence-electron chi connectivity index (χ0n) is 22.6. The molecule has 0 spiro atoms. The summed E-state index contributed by atoms with van der Waals surface area (Å²) in [5.41, 5.74) is 5.29. The molecule has 0 unspecified atom stereocenters. The SMILES string of the molecule is C=CCc1cc(/C=C(\C#N)C(=O)Nc2cccc(C)c2C)cc(OCC)c1OCc1cccc2ccccc12. The van der Waals surface area contributed by atoms with Crippen molar-refractivity contribution in [2.45, 2.75) is 33.8 Å². The fourth-order valence-corrected chi connectivity index (χ4v) is 4.46. The van der Waals surface area contributed by atoms with E-state index in [9.17, 15) is 10.1 Å². The summed E-state index contributed by atoms with van der Waals surface area (Å²) in [5, 5.41) is 15.0. The minimum Gasteiger partial charge on any atom is -0.490 e. The number of nitrogens with zero attached hydrogens (tertiary/aromatic N) is 1. The van der Waals surface area contributed by atoms with E-state index in [-0.39, 0.29) is 5.57 Å². The van der Waals surface area contributed by atoms with Crippen LogP contribution in [0.1, 0.15) is 34.7 Å². The molecule has 4 rings (SSSR count). The maximum absolute atomic E-state index is 13.0. The van der Waals surface area contributed by atoms with Crippen LogP contribution in [-0.2, 0) is 17.8 Å². The Balaban J connectivity index is 1.67. The van der Waals surface area contributed by atoms with Gasteiger partial charge in [0.1, 0.15) is 18.2 Å². The number of anilines is 1. The van der Waals surface area contributed by atoms with Crippen molar-refractivity contribution in [2.24, 2.45) is 0 Å². The van der Waals surface area contributed by atoms with Gasteiger partial charge in [0, 0.05) is 11.3 Å². The van der Waals surface area contributed by atoms with Crippen molar-refractivity contribution in [3.63, 3.8) is 0 Å². The number of aryl methyl sites for hydroxylation is 1. The number of allylic oxidation sites excluding steroid dienone is 1. The number of benzene rings is 4. The molecule has 0 heterocycles. The Bertz CT molecular complexity index is 1590. The summed E-state index contributed by atoms with van der Waals surface area (Å²) in [5.74, 6) is 0.710. The Morgan fingerprint density at radius 2 is 1.77 bits per heavy atom. The predicted molar refractivity (Wildman–Crippen MR) is 158 cm³/mol. The van der Waals surface area contributed by atoms with E-state index in [4.69, 9.17) is 9.47 Å². The number of carbonyl (C=O) groups excluding carboxylic acids is 1. The van der Waals surface area contributed by atoms with Crippen LogP contribution in [0, 0.1) is 25.2 Å². The number of hydrogen-bond acceptors (Lipinski definition) is 4. The Kier molecular flexibility index (Phi) is 8.81. The maximum atomic E-state index is 13.0. The summed E-state index contributed by atoms with van der Waals surface area (Å²) in [7, 11) is 0. The van der Waals surface area contributed by atoms with Crippen molar-refractivity contribution in [3.05, 3.63) is 119 Å². The quantitative estimate of drug-likeness (QED) is 0.133. The van der Waals surface area contributed by atoms with E-state index in [0.29, 0.717) is 42.4 Å². The second-order valence-electron chi connectivity index (χ2n) is 9.23. The Hall–Kier alpha value is -4.82. The summed E-state index contributed by atoms with van der Waals surface area (Å²) in [4.78, 5) is 13.0. The zero-order valence-corrected chi connectivity index (χ0v) is 22.6. The minimum atomic E-state index is -0.467. The number of nitriles is 1. The molecule has 0 atom stereocenters. The van der Waals surface area contributed by atoms with Crippen LogP contribution in [0.15, 0.2) is 91.0 Å². The lowest BCUT2D eigenvalue weighted by molar-refractivity contribution is -0.112. The molecule has 0 aliphatic rings. The lowest BCUT2D eigenvalue weighted by atomic mass is 10.0. The molecule has 39 heavy (non-hydrogen) atoms. The van der Waals surface area contributed by atoms with E-state index in [2.05, 4.69) is 36.2 Å². The second-order valence-corrected chi connectivity index (χ2v) is 9.23. The Labute approximate surface area is 230 Å². The van der Waals surface area contributed by atoms with Crippen molar-refractivity contribution in [1.29, 1.82) is 5.26 Å². The van der Waals surface area contributed by atoms with Crippen molar-refractivity contribution < 1.29 is 14.3 Å². The van der Waals surface area contributed by atoms with Crippen LogP contribution in [0.5, 0.6) is 11.5 Å². The molecular formula is C34H32N2O3. The van der Waals surface area contributed by atoms with Gasteiger partial charge in [-0.2, -0.15) is 5.26 Å². The van der Waals surface area contributed by atoms with Gasteiger partial charge in [-0.15, -0.1) is 6.58 Å². The van der Waals surface area contributed by atoms with Crippen molar-refractivity contribution in [2.75, 3.05) is 11.9 Å². The maximum Gasteiger partial charge on any atom is 0.266 e. The highest BCUT2D eigenvalue weighted by atomic mass is 16.5. The lowest BCUT2D eigenvalue weighted by Crippen LogP contribution is -2.14. The molecule has 0 saturated heterocycles. The largest absolute Gasteiger partial charge is 0.490 e. The standard InChI is InChI=1S/C34H32N2O3/c1-5-11-27-18-25(19-29(21-35)34(37)36-31-17-9-12-23(3)24(31)4)20-32(38-6-2)33(27)39-22-28-15-10-14-26-13-7-8-16-30(26)28/h5,7-10,12-20H,1,6,11,22H2,2-4H3,(H,36,37)/b29-19+. The predicted octanol–water partition coefficient (Wildman–Crippen LogP) is 7.71. The monoisotopic (exact) mass is 516 g/mol. The summed E-state index contributed by atoms with van der Waals surface area (Å²) in [6, 6.07) is 25.8. The van der Waals surface area contributed by atoms with Gasteiger partial charge in [-0.3, -0.25) is 4.79 Å². The van der Waals surface area contributed by atoms with E-state index < -0.39 is 5.91 Å². The number of rotatable bonds is 10. The third-order valence-corrected chi connectivity index (χ3v) is 6.60. The van der Waals surface area contributed by atoms with Gasteiger partial charge in [-0.1, -0.05) is 60.7 Å². The molecular weight excluding hydrogens is 484 g/mol. The molecule has 1 amide bonds. The molecule has 0 aromatic heterocycles. The highest BCUT2D eigenvalue weighted by Gasteiger charge is 2.16. The first-order valence-electron chi connectivity index (χ1n) is 12.9. The fraction of sp³-hybridized carbons (Fsp3) is 0.176. The van der Waals surface area contributed by atoms with Gasteiger partial charge < -0.3 is 14.8 Å². The number of nitrogens with one attached hydrogen (secondary N) is 1. The molecule has 1 N–H and O–H groups in total. The van der Waals surface area contributed by atoms with Gasteiger partial charge >= 0.3 is 0 Å². The van der Waals surface area contributed by atoms with Crippen molar-refractivity contribution in [3.8, 4) is 17.6 Å². The van der Waals surface area contributed by atoms with Crippen molar-refractivity contribution in [1.82, 2.24) is 0 Å². The molecule has 0 saturated carbocycles. The summed E-state index contributed by atoms with van der Waals surface area (Å²) in [6.45, 7) is 10.5. The summed E-state index contributed by atoms with van der Waals surface area (Å²) < 4.78 is 12.3. The summed E-state index contributed by atoms with van der Waals surface area (Å²) in [6.07, 6.45) is 3.90. The van der Waals surface area contributed by atoms with Gasteiger partial charge in [0.2, 0.25) is 0 Å². The van der Waals surface area contributed by atoms with E-state index in [0.717, 1.165) is 33.0 Å². The van der Waals surface area contributed by atoms with Crippen LogP contribution in [0.4, 0.5) is 5.69 Å². The fourth-order valence-electron chi connectivity index (χ4n) is 4.46. The molecule has 0 aliphatic heterocycles. The van der Waals surface area contributed by atoms with E-state index in [1.807, 2.05) is 69.3 Å².